The Morgan fingerprint density at radius 1 is 1.20 bits per heavy atom. The molecule has 1 amide bonds. The number of aromatic nitrogens is 2. The highest BCUT2D eigenvalue weighted by Gasteiger charge is 2.27. The smallest absolute Gasteiger partial charge is 0.243 e. The first kappa shape index (κ1) is 22.7. The lowest BCUT2D eigenvalue weighted by atomic mass is 10.2. The molecule has 166 valence electrons. The van der Waals surface area contributed by atoms with Crippen molar-refractivity contribution in [1.82, 2.24) is 19.2 Å². The van der Waals surface area contributed by atoms with E-state index in [1.54, 1.807) is 16.4 Å². The molecule has 0 bridgehead atoms. The van der Waals surface area contributed by atoms with Gasteiger partial charge in [-0.3, -0.25) is 4.79 Å². The van der Waals surface area contributed by atoms with Crippen LogP contribution in [0.3, 0.4) is 0 Å². The van der Waals surface area contributed by atoms with Gasteiger partial charge in [0.25, 0.3) is 0 Å². The molecule has 0 saturated carbocycles. The first-order chi connectivity index (χ1) is 14.4. The number of hydrogen-bond donors (Lipinski definition) is 1. The third kappa shape index (κ3) is 5.03. The molecular weight excluding hydrogens is 400 g/mol. The van der Waals surface area contributed by atoms with E-state index in [1.807, 2.05) is 13.0 Å². The lowest BCUT2D eigenvalue weighted by Crippen LogP contribution is -2.32. The molecule has 7 nitrogen and oxygen atoms in total. The zero-order valence-corrected chi connectivity index (χ0v) is 19.2. The van der Waals surface area contributed by atoms with Crippen LogP contribution in [0.1, 0.15) is 65.1 Å². The molecule has 0 unspecified atom stereocenters. The first-order valence-corrected chi connectivity index (χ1v) is 12.6. The Morgan fingerprint density at radius 2 is 1.93 bits per heavy atom. The van der Waals surface area contributed by atoms with E-state index < -0.39 is 10.0 Å². The first-order valence-electron chi connectivity index (χ1n) is 11.2. The second-order valence-corrected chi connectivity index (χ2v) is 10.1. The second-order valence-electron chi connectivity index (χ2n) is 8.20. The van der Waals surface area contributed by atoms with Crippen LogP contribution in [0.2, 0.25) is 0 Å². The van der Waals surface area contributed by atoms with Gasteiger partial charge in [0.15, 0.2) is 0 Å². The fourth-order valence-electron chi connectivity index (χ4n) is 4.14. The standard InChI is InChI=1S/C22H34N4O3S/c1-4-8-17(3)23-22(27)12-11-21-24-19-16-18(9-10-20(19)26(21)13-5-2)30(28,29)25-14-6-7-15-25/h9-10,16-17H,4-8,11-15H2,1-3H3,(H,23,27)/t17-/m0/s1. The molecule has 1 aliphatic heterocycles. The zero-order chi connectivity index (χ0) is 21.7. The molecular formula is C22H34N4O3S. The summed E-state index contributed by atoms with van der Waals surface area (Å²) in [6, 6.07) is 5.40. The highest BCUT2D eigenvalue weighted by atomic mass is 32.2. The number of benzene rings is 1. The van der Waals surface area contributed by atoms with E-state index in [4.69, 9.17) is 4.98 Å². The van der Waals surface area contributed by atoms with Gasteiger partial charge in [0, 0.05) is 38.5 Å². The molecule has 3 rings (SSSR count). The minimum Gasteiger partial charge on any atom is -0.354 e. The molecule has 1 atom stereocenters. The minimum absolute atomic E-state index is 0.0309. The van der Waals surface area contributed by atoms with Crippen molar-refractivity contribution < 1.29 is 13.2 Å². The minimum atomic E-state index is -3.47. The molecule has 0 spiro atoms. The Hall–Kier alpha value is -1.93. The number of nitrogens with zero attached hydrogens (tertiary/aromatic N) is 3. The van der Waals surface area contributed by atoms with Gasteiger partial charge in [-0.15, -0.1) is 0 Å². The Kier molecular flexibility index (Phi) is 7.52. The topological polar surface area (TPSA) is 84.3 Å². The molecule has 1 saturated heterocycles. The number of sulfonamides is 1. The van der Waals surface area contributed by atoms with Crippen LogP contribution in [0.15, 0.2) is 23.1 Å². The van der Waals surface area contributed by atoms with E-state index in [-0.39, 0.29) is 11.9 Å². The number of amides is 1. The highest BCUT2D eigenvalue weighted by molar-refractivity contribution is 7.89. The Balaban J connectivity index is 1.82. The van der Waals surface area contributed by atoms with Gasteiger partial charge in [-0.25, -0.2) is 13.4 Å². The number of carbonyl (C=O) groups excluding carboxylic acids is 1. The second kappa shape index (κ2) is 9.92. The van der Waals surface area contributed by atoms with E-state index in [0.717, 1.165) is 50.0 Å². The Labute approximate surface area is 179 Å². The summed E-state index contributed by atoms with van der Waals surface area (Å²) in [5.41, 5.74) is 1.60. The van der Waals surface area contributed by atoms with Gasteiger partial charge in [0.2, 0.25) is 15.9 Å². The maximum atomic E-state index is 12.9. The number of carbonyl (C=O) groups is 1. The number of nitrogens with one attached hydrogen (secondary N) is 1. The summed E-state index contributed by atoms with van der Waals surface area (Å²) in [5, 5.41) is 3.04. The van der Waals surface area contributed by atoms with Crippen LogP contribution in [0.5, 0.6) is 0 Å². The number of rotatable bonds is 10. The predicted molar refractivity (Wildman–Crippen MR) is 119 cm³/mol. The molecule has 1 aromatic heterocycles. The van der Waals surface area contributed by atoms with Gasteiger partial charge in [-0.2, -0.15) is 4.31 Å². The van der Waals surface area contributed by atoms with Crippen molar-refractivity contribution in [1.29, 1.82) is 0 Å². The number of aryl methyl sites for hydroxylation is 2. The van der Waals surface area contributed by atoms with Crippen LogP contribution in [-0.2, 0) is 27.8 Å². The van der Waals surface area contributed by atoms with Crippen LogP contribution >= 0.6 is 0 Å². The van der Waals surface area contributed by atoms with E-state index in [2.05, 4.69) is 23.7 Å². The summed E-state index contributed by atoms with van der Waals surface area (Å²) in [6.45, 7) is 8.19. The Bertz CT molecular complexity index is 978. The van der Waals surface area contributed by atoms with Crippen molar-refractivity contribution in [2.24, 2.45) is 0 Å². The average molecular weight is 435 g/mol. The van der Waals surface area contributed by atoms with Crippen molar-refractivity contribution in [3.8, 4) is 0 Å². The highest BCUT2D eigenvalue weighted by Crippen LogP contribution is 2.25. The molecule has 30 heavy (non-hydrogen) atoms. The predicted octanol–water partition coefficient (Wildman–Crippen LogP) is 3.47. The normalized spacial score (nSPS) is 16.2. The summed E-state index contributed by atoms with van der Waals surface area (Å²) < 4.78 is 29.5. The summed E-state index contributed by atoms with van der Waals surface area (Å²) in [7, 11) is -3.47. The van der Waals surface area contributed by atoms with Crippen molar-refractivity contribution in [3.05, 3.63) is 24.0 Å². The van der Waals surface area contributed by atoms with Crippen molar-refractivity contribution >= 4 is 27.0 Å². The van der Waals surface area contributed by atoms with Gasteiger partial charge in [-0.05, 0) is 50.8 Å². The largest absolute Gasteiger partial charge is 0.354 e. The van der Waals surface area contributed by atoms with Crippen molar-refractivity contribution in [2.45, 2.75) is 83.2 Å². The van der Waals surface area contributed by atoms with E-state index in [9.17, 15) is 13.2 Å². The molecule has 0 radical (unpaired) electrons. The lowest BCUT2D eigenvalue weighted by molar-refractivity contribution is -0.121. The Morgan fingerprint density at radius 3 is 2.60 bits per heavy atom. The molecule has 0 aliphatic carbocycles. The van der Waals surface area contributed by atoms with Crippen molar-refractivity contribution in [3.63, 3.8) is 0 Å². The molecule has 8 heteroatoms. The van der Waals surface area contributed by atoms with Crippen LogP contribution in [0, 0.1) is 0 Å². The molecule has 1 N–H and O–H groups in total. The van der Waals surface area contributed by atoms with Crippen LogP contribution < -0.4 is 5.32 Å². The third-order valence-electron chi connectivity index (χ3n) is 5.65. The molecule has 2 aromatic rings. The maximum absolute atomic E-state index is 12.9. The van der Waals surface area contributed by atoms with Gasteiger partial charge < -0.3 is 9.88 Å². The number of hydrogen-bond acceptors (Lipinski definition) is 4. The van der Waals surface area contributed by atoms with Crippen LogP contribution in [0.4, 0.5) is 0 Å². The van der Waals surface area contributed by atoms with Gasteiger partial charge >= 0.3 is 0 Å². The van der Waals surface area contributed by atoms with E-state index in [0.29, 0.717) is 36.3 Å². The maximum Gasteiger partial charge on any atom is 0.243 e. The monoisotopic (exact) mass is 434 g/mol. The quantitative estimate of drug-likeness (QED) is 0.621. The fraction of sp³-hybridized carbons (Fsp3) is 0.636. The van der Waals surface area contributed by atoms with Gasteiger partial charge in [-0.1, -0.05) is 20.3 Å². The fourth-order valence-corrected chi connectivity index (χ4v) is 5.68. The zero-order valence-electron chi connectivity index (χ0n) is 18.4. The van der Waals surface area contributed by atoms with Gasteiger partial charge in [0.05, 0.1) is 15.9 Å². The molecule has 1 aliphatic rings. The number of fused-ring (bicyclic) bond motifs is 1. The lowest BCUT2D eigenvalue weighted by Gasteiger charge is -2.15. The average Bonchev–Trinajstić information content (AvgIpc) is 3.35. The number of imidazole rings is 1. The summed E-state index contributed by atoms with van der Waals surface area (Å²) in [4.78, 5) is 17.3. The van der Waals surface area contributed by atoms with E-state index in [1.165, 1.54) is 0 Å². The van der Waals surface area contributed by atoms with Crippen LogP contribution in [-0.4, -0.2) is 47.3 Å². The third-order valence-corrected chi connectivity index (χ3v) is 7.55. The van der Waals surface area contributed by atoms with Crippen LogP contribution in [0.25, 0.3) is 11.0 Å². The van der Waals surface area contributed by atoms with Gasteiger partial charge in [0.1, 0.15) is 5.82 Å². The molecule has 1 aromatic carbocycles. The van der Waals surface area contributed by atoms with Crippen molar-refractivity contribution in [2.75, 3.05) is 13.1 Å². The van der Waals surface area contributed by atoms with E-state index >= 15 is 0 Å². The summed E-state index contributed by atoms with van der Waals surface area (Å²) in [5.74, 6) is 0.865. The SMILES string of the molecule is CCC[C@H](C)NC(=O)CCc1nc2cc(S(=O)(=O)N3CCCC3)ccc2n1CCC. The summed E-state index contributed by atoms with van der Waals surface area (Å²) in [6.07, 6.45) is 5.68. The molecule has 1 fully saturated rings. The molecule has 2 heterocycles. The summed E-state index contributed by atoms with van der Waals surface area (Å²) >= 11 is 0.